The Hall–Kier alpha value is -0.520. The highest BCUT2D eigenvalue weighted by molar-refractivity contribution is 5.01. The molecule has 0 aliphatic rings. The largest absolute Gasteiger partial charge is 0.0857 e. The Morgan fingerprint density at radius 2 is 1.00 bits per heavy atom. The first kappa shape index (κ1) is 18.8. The molecule has 0 radical (unpaired) electrons. The first-order valence-electron chi connectivity index (χ1n) is 7.03. The van der Waals surface area contributed by atoms with E-state index in [0.29, 0.717) is 23.7 Å². The fraction of sp³-hybridized carbons (Fsp3) is 0.765. The van der Waals surface area contributed by atoms with Crippen molar-refractivity contribution < 1.29 is 0 Å². The molecule has 102 valence electrons. The molecule has 0 aliphatic carbocycles. The van der Waals surface area contributed by atoms with Crippen LogP contribution in [-0.4, -0.2) is 0 Å². The lowest BCUT2D eigenvalue weighted by Gasteiger charge is -2.05. The lowest BCUT2D eigenvalue weighted by molar-refractivity contribution is 0.731. The molecule has 17 heavy (non-hydrogen) atoms. The summed E-state index contributed by atoms with van der Waals surface area (Å²) in [7, 11) is 0. The predicted octanol–water partition coefficient (Wildman–Crippen LogP) is 6.10. The average Bonchev–Trinajstić information content (AvgIpc) is 2.14. The zero-order chi connectivity index (χ0) is 14.0. The van der Waals surface area contributed by atoms with Crippen LogP contribution in [0, 0.1) is 23.7 Å². The first-order valence-corrected chi connectivity index (χ1v) is 7.03. The maximum atomic E-state index is 2.32. The lowest BCUT2D eigenvalue weighted by atomic mass is 10.0. The lowest BCUT2D eigenvalue weighted by Crippen LogP contribution is -1.91. The molecule has 0 aliphatic heterocycles. The van der Waals surface area contributed by atoms with Gasteiger partial charge in [0.1, 0.15) is 0 Å². The maximum Gasteiger partial charge on any atom is -0.0263 e. The molecule has 0 heterocycles. The third-order valence-electron chi connectivity index (χ3n) is 2.39. The van der Waals surface area contributed by atoms with Gasteiger partial charge in [-0.3, -0.25) is 0 Å². The maximum absolute atomic E-state index is 2.32. The van der Waals surface area contributed by atoms with Crippen molar-refractivity contribution in [2.24, 2.45) is 23.7 Å². The molecule has 0 bridgehead atoms. The molecule has 0 saturated carbocycles. The van der Waals surface area contributed by atoms with E-state index in [-0.39, 0.29) is 0 Å². The fourth-order valence-corrected chi connectivity index (χ4v) is 1.16. The molecule has 0 nitrogen and oxygen atoms in total. The summed E-state index contributed by atoms with van der Waals surface area (Å²) >= 11 is 0. The Labute approximate surface area is 110 Å². The molecule has 0 rings (SSSR count). The Morgan fingerprint density at radius 3 is 1.12 bits per heavy atom. The Morgan fingerprint density at radius 1 is 0.647 bits per heavy atom. The van der Waals surface area contributed by atoms with Crippen LogP contribution in [0.3, 0.4) is 0 Å². The second-order valence-electron chi connectivity index (χ2n) is 6.18. The van der Waals surface area contributed by atoms with Crippen LogP contribution in [0.25, 0.3) is 0 Å². The summed E-state index contributed by atoms with van der Waals surface area (Å²) in [6, 6.07) is 0. The first-order chi connectivity index (χ1) is 7.66. The highest BCUT2D eigenvalue weighted by Crippen LogP contribution is 2.10. The van der Waals surface area contributed by atoms with Gasteiger partial charge in [-0.15, -0.1) is 0 Å². The Bertz CT molecular complexity index is 204. The molecule has 0 aromatic carbocycles. The van der Waals surface area contributed by atoms with Crippen molar-refractivity contribution in [2.75, 3.05) is 0 Å². The van der Waals surface area contributed by atoms with Crippen molar-refractivity contribution in [2.45, 2.75) is 62.3 Å². The van der Waals surface area contributed by atoms with Gasteiger partial charge in [0.2, 0.25) is 0 Å². The molecule has 0 N–H and O–H groups in total. The fourth-order valence-electron chi connectivity index (χ4n) is 1.16. The van der Waals surface area contributed by atoms with Gasteiger partial charge in [-0.25, -0.2) is 0 Å². The van der Waals surface area contributed by atoms with Crippen LogP contribution < -0.4 is 0 Å². The summed E-state index contributed by atoms with van der Waals surface area (Å²) in [5.74, 6) is 2.83. The second-order valence-corrected chi connectivity index (χ2v) is 6.18. The van der Waals surface area contributed by atoms with Crippen molar-refractivity contribution in [1.29, 1.82) is 0 Å². The van der Waals surface area contributed by atoms with Crippen LogP contribution >= 0.6 is 0 Å². The topological polar surface area (TPSA) is 0 Å². The Kier molecular flexibility index (Phi) is 11.8. The van der Waals surface area contributed by atoms with Gasteiger partial charge >= 0.3 is 0 Å². The van der Waals surface area contributed by atoms with Gasteiger partial charge in [-0.2, -0.15) is 0 Å². The Balaban J connectivity index is 0. The number of allylic oxidation sites excluding steroid dienone is 4. The second kappa shape index (κ2) is 10.6. The molecule has 0 fully saturated rings. The zero-order valence-corrected chi connectivity index (χ0v) is 13.5. The van der Waals surface area contributed by atoms with Crippen LogP contribution in [0.15, 0.2) is 23.8 Å². The van der Waals surface area contributed by atoms with E-state index in [1.165, 1.54) is 5.57 Å². The quantitative estimate of drug-likeness (QED) is 0.519. The zero-order valence-electron chi connectivity index (χ0n) is 13.5. The minimum absolute atomic E-state index is 0.701. The highest BCUT2D eigenvalue weighted by atomic mass is 14.0. The van der Waals surface area contributed by atoms with Crippen LogP contribution in [0.5, 0.6) is 0 Å². The van der Waals surface area contributed by atoms with E-state index in [2.05, 4.69) is 80.5 Å². The van der Waals surface area contributed by atoms with E-state index in [0.717, 1.165) is 0 Å². The minimum Gasteiger partial charge on any atom is -0.0857 e. The van der Waals surface area contributed by atoms with Crippen molar-refractivity contribution in [3.63, 3.8) is 0 Å². The van der Waals surface area contributed by atoms with Crippen LogP contribution in [0.1, 0.15) is 62.3 Å². The third kappa shape index (κ3) is 18.1. The number of rotatable bonds is 4. The summed E-state index contributed by atoms with van der Waals surface area (Å²) in [6.45, 7) is 19.9. The van der Waals surface area contributed by atoms with Crippen LogP contribution in [-0.2, 0) is 0 Å². The third-order valence-corrected chi connectivity index (χ3v) is 2.39. The molecule has 0 spiro atoms. The van der Waals surface area contributed by atoms with Gasteiger partial charge in [0.25, 0.3) is 0 Å². The molecule has 0 atom stereocenters. The van der Waals surface area contributed by atoms with Gasteiger partial charge < -0.3 is 0 Å². The smallest absolute Gasteiger partial charge is 0.0263 e. The van der Waals surface area contributed by atoms with Crippen LogP contribution in [0.2, 0.25) is 0 Å². The summed E-state index contributed by atoms with van der Waals surface area (Å²) in [5.41, 5.74) is 1.50. The molecule has 0 unspecified atom stereocenters. The van der Waals surface area contributed by atoms with Gasteiger partial charge in [0.15, 0.2) is 0 Å². The van der Waals surface area contributed by atoms with Gasteiger partial charge in [-0.1, -0.05) is 79.2 Å². The molecule has 0 aromatic rings. The van der Waals surface area contributed by atoms with E-state index in [4.69, 9.17) is 0 Å². The van der Waals surface area contributed by atoms with E-state index < -0.39 is 0 Å². The van der Waals surface area contributed by atoms with Gasteiger partial charge in [-0.05, 0) is 30.6 Å². The van der Waals surface area contributed by atoms with Crippen molar-refractivity contribution in [1.82, 2.24) is 0 Å². The SMILES string of the molecule is C/C(=C\C(C)C)C(C)C.CC(C)/C=C/C(C)C. The standard InChI is InChI=1S/C9H18.C8H16/c1-7(2)6-9(5)8(3)4;1-7(2)5-6-8(3)4/h6-8H,1-5H3;5-8H,1-4H3/b9-6+;6-5+. The summed E-state index contributed by atoms with van der Waals surface area (Å²) in [6.07, 6.45) is 6.81. The summed E-state index contributed by atoms with van der Waals surface area (Å²) in [4.78, 5) is 0. The normalized spacial score (nSPS) is 12.9. The number of hydrogen-bond acceptors (Lipinski definition) is 0. The van der Waals surface area contributed by atoms with E-state index >= 15 is 0 Å². The predicted molar refractivity (Wildman–Crippen MR) is 82.2 cm³/mol. The minimum atomic E-state index is 0.701. The monoisotopic (exact) mass is 238 g/mol. The molecule has 0 amide bonds. The van der Waals surface area contributed by atoms with Gasteiger partial charge in [0.05, 0.1) is 0 Å². The number of hydrogen-bond donors (Lipinski definition) is 0. The van der Waals surface area contributed by atoms with E-state index in [1.807, 2.05) is 0 Å². The highest BCUT2D eigenvalue weighted by Gasteiger charge is 1.95. The summed E-state index contributed by atoms with van der Waals surface area (Å²) in [5, 5.41) is 0. The van der Waals surface area contributed by atoms with E-state index in [9.17, 15) is 0 Å². The molecule has 0 saturated heterocycles. The molecular formula is C17H34. The summed E-state index contributed by atoms with van der Waals surface area (Å²) < 4.78 is 0. The van der Waals surface area contributed by atoms with Gasteiger partial charge in [0, 0.05) is 0 Å². The van der Waals surface area contributed by atoms with Crippen LogP contribution in [0.4, 0.5) is 0 Å². The van der Waals surface area contributed by atoms with E-state index in [1.54, 1.807) is 0 Å². The molecule has 0 aromatic heterocycles. The van der Waals surface area contributed by atoms with Crippen molar-refractivity contribution in [3.05, 3.63) is 23.8 Å². The van der Waals surface area contributed by atoms with Crippen molar-refractivity contribution in [3.8, 4) is 0 Å². The molecular weight excluding hydrogens is 204 g/mol. The van der Waals surface area contributed by atoms with Crippen molar-refractivity contribution >= 4 is 0 Å². The molecule has 0 heteroatoms. The average molecular weight is 238 g/mol.